The van der Waals surface area contributed by atoms with Gasteiger partial charge in [-0.15, -0.1) is 0 Å². The number of imide groups is 1. The van der Waals surface area contributed by atoms with Crippen LogP contribution in [0.3, 0.4) is 0 Å². The number of anilines is 3. The van der Waals surface area contributed by atoms with Crippen LogP contribution in [0.15, 0.2) is 84.6 Å². The highest BCUT2D eigenvalue weighted by Gasteiger charge is 2.40. The molecule has 162 valence electrons. The van der Waals surface area contributed by atoms with E-state index in [0.717, 1.165) is 11.4 Å². The predicted octanol–water partition coefficient (Wildman–Crippen LogP) is 4.55. The molecule has 1 heterocycles. The maximum absolute atomic E-state index is 13.5. The maximum Gasteiger partial charge on any atom is 0.282 e. The Hall–Kier alpha value is -4.06. The van der Waals surface area contributed by atoms with Crippen molar-refractivity contribution in [2.45, 2.75) is 6.92 Å². The number of hydrogen-bond acceptors (Lipinski definition) is 5. The number of nitrogens with zero attached hydrogens (tertiary/aromatic N) is 2. The summed E-state index contributed by atoms with van der Waals surface area (Å²) in [6.07, 6.45) is 0. The zero-order chi connectivity index (χ0) is 22.7. The number of carbonyl (C=O) groups excluding carboxylic acids is 2. The number of ether oxygens (including phenoxy) is 1. The molecule has 6 nitrogen and oxygen atoms in total. The zero-order valence-electron chi connectivity index (χ0n) is 18.3. The van der Waals surface area contributed by atoms with Gasteiger partial charge < -0.3 is 15.0 Å². The highest BCUT2D eigenvalue weighted by atomic mass is 16.5. The van der Waals surface area contributed by atoms with Gasteiger partial charge in [-0.25, -0.2) is 4.90 Å². The Morgan fingerprint density at radius 1 is 0.875 bits per heavy atom. The quantitative estimate of drug-likeness (QED) is 0.561. The molecular formula is C26H25N3O3. The summed E-state index contributed by atoms with van der Waals surface area (Å²) in [7, 11) is 3.93. The fourth-order valence-electron chi connectivity index (χ4n) is 3.62. The van der Waals surface area contributed by atoms with E-state index in [4.69, 9.17) is 4.74 Å². The summed E-state index contributed by atoms with van der Waals surface area (Å²) in [6.45, 7) is 2.38. The molecular weight excluding hydrogens is 402 g/mol. The molecule has 0 radical (unpaired) electrons. The average Bonchev–Trinajstić information content (AvgIpc) is 3.04. The Kier molecular flexibility index (Phi) is 5.94. The van der Waals surface area contributed by atoms with Gasteiger partial charge in [-0.05, 0) is 48.9 Å². The minimum Gasteiger partial charge on any atom is -0.494 e. The van der Waals surface area contributed by atoms with Gasteiger partial charge in [0.2, 0.25) is 0 Å². The van der Waals surface area contributed by atoms with Crippen LogP contribution >= 0.6 is 0 Å². The third-order valence-corrected chi connectivity index (χ3v) is 5.19. The van der Waals surface area contributed by atoms with Crippen molar-refractivity contribution in [3.63, 3.8) is 0 Å². The van der Waals surface area contributed by atoms with Gasteiger partial charge in [-0.1, -0.05) is 36.4 Å². The number of rotatable bonds is 7. The normalized spacial score (nSPS) is 13.5. The van der Waals surface area contributed by atoms with Crippen LogP contribution in [0.5, 0.6) is 5.75 Å². The first-order chi connectivity index (χ1) is 15.5. The SMILES string of the molecule is CCOc1cccc(N2C(=O)C(Nc3ccc(N(C)C)cc3)=C(c3ccccc3)C2=O)c1. The topological polar surface area (TPSA) is 61.9 Å². The first kappa shape index (κ1) is 21.2. The Labute approximate surface area is 187 Å². The third kappa shape index (κ3) is 4.07. The standard InChI is InChI=1S/C26H25N3O3/c1-4-32-22-12-8-11-21(17-22)29-25(30)23(18-9-6-5-7-10-18)24(26(29)31)27-19-13-15-20(16-14-19)28(2)3/h5-17,27H,4H2,1-3H3. The Morgan fingerprint density at radius 2 is 1.59 bits per heavy atom. The van der Waals surface area contributed by atoms with Crippen LogP contribution in [0, 0.1) is 0 Å². The van der Waals surface area contributed by atoms with E-state index < -0.39 is 5.91 Å². The van der Waals surface area contributed by atoms with E-state index in [0.29, 0.717) is 29.2 Å². The molecule has 0 bridgehead atoms. The molecule has 4 rings (SSSR count). The van der Waals surface area contributed by atoms with Gasteiger partial charge in [0.05, 0.1) is 17.9 Å². The van der Waals surface area contributed by atoms with E-state index in [2.05, 4.69) is 5.32 Å². The summed E-state index contributed by atoms with van der Waals surface area (Å²) in [5.74, 6) is -0.172. The molecule has 1 aliphatic rings. The molecule has 0 aromatic heterocycles. The van der Waals surface area contributed by atoms with E-state index in [1.807, 2.05) is 80.5 Å². The second kappa shape index (κ2) is 8.98. The summed E-state index contributed by atoms with van der Waals surface area (Å²) >= 11 is 0. The summed E-state index contributed by atoms with van der Waals surface area (Å²) in [4.78, 5) is 30.2. The predicted molar refractivity (Wildman–Crippen MR) is 128 cm³/mol. The summed E-state index contributed by atoms with van der Waals surface area (Å²) < 4.78 is 5.56. The Balaban J connectivity index is 1.75. The van der Waals surface area contributed by atoms with Gasteiger partial charge in [0.25, 0.3) is 11.8 Å². The maximum atomic E-state index is 13.5. The number of hydrogen-bond donors (Lipinski definition) is 1. The molecule has 0 saturated heterocycles. The minimum absolute atomic E-state index is 0.251. The van der Waals surface area contributed by atoms with Crippen molar-refractivity contribution in [1.29, 1.82) is 0 Å². The van der Waals surface area contributed by atoms with E-state index in [1.165, 1.54) is 4.90 Å². The van der Waals surface area contributed by atoms with Crippen LogP contribution in [0.1, 0.15) is 12.5 Å². The lowest BCUT2D eigenvalue weighted by Gasteiger charge is -2.17. The Bertz CT molecular complexity index is 1170. The number of nitrogens with one attached hydrogen (secondary N) is 1. The molecule has 2 amide bonds. The molecule has 0 saturated carbocycles. The fourth-order valence-corrected chi connectivity index (χ4v) is 3.62. The zero-order valence-corrected chi connectivity index (χ0v) is 18.3. The van der Waals surface area contributed by atoms with Crippen LogP contribution in [0.25, 0.3) is 5.57 Å². The number of benzene rings is 3. The van der Waals surface area contributed by atoms with Crippen molar-refractivity contribution in [3.8, 4) is 5.75 Å². The highest BCUT2D eigenvalue weighted by molar-refractivity contribution is 6.46. The lowest BCUT2D eigenvalue weighted by Crippen LogP contribution is -2.32. The molecule has 1 aliphatic heterocycles. The van der Waals surface area contributed by atoms with E-state index in [-0.39, 0.29) is 11.6 Å². The fraction of sp³-hybridized carbons (Fsp3) is 0.154. The van der Waals surface area contributed by atoms with Crippen molar-refractivity contribution in [1.82, 2.24) is 0 Å². The monoisotopic (exact) mass is 427 g/mol. The molecule has 1 N–H and O–H groups in total. The summed E-state index contributed by atoms with van der Waals surface area (Å²) in [5, 5.41) is 3.19. The highest BCUT2D eigenvalue weighted by Crippen LogP contribution is 2.35. The van der Waals surface area contributed by atoms with Crippen molar-refractivity contribution in [3.05, 3.63) is 90.1 Å². The van der Waals surface area contributed by atoms with Crippen LogP contribution in [-0.4, -0.2) is 32.5 Å². The van der Waals surface area contributed by atoms with Crippen LogP contribution in [-0.2, 0) is 9.59 Å². The lowest BCUT2D eigenvalue weighted by molar-refractivity contribution is -0.120. The third-order valence-electron chi connectivity index (χ3n) is 5.19. The van der Waals surface area contributed by atoms with Gasteiger partial charge >= 0.3 is 0 Å². The van der Waals surface area contributed by atoms with Gasteiger partial charge in [-0.3, -0.25) is 9.59 Å². The smallest absolute Gasteiger partial charge is 0.282 e. The van der Waals surface area contributed by atoms with Crippen LogP contribution < -0.4 is 19.9 Å². The first-order valence-corrected chi connectivity index (χ1v) is 10.5. The largest absolute Gasteiger partial charge is 0.494 e. The number of carbonyl (C=O) groups is 2. The van der Waals surface area contributed by atoms with Crippen molar-refractivity contribution >= 4 is 34.4 Å². The summed E-state index contributed by atoms with van der Waals surface area (Å²) in [5.41, 5.74) is 3.51. The molecule has 0 unspecified atom stereocenters. The van der Waals surface area contributed by atoms with Gasteiger partial charge in [0.1, 0.15) is 11.4 Å². The summed E-state index contributed by atoms with van der Waals surface area (Å²) in [6, 6.07) is 23.9. The van der Waals surface area contributed by atoms with Gasteiger partial charge in [0.15, 0.2) is 0 Å². The first-order valence-electron chi connectivity index (χ1n) is 10.5. The van der Waals surface area contributed by atoms with Crippen molar-refractivity contribution in [2.24, 2.45) is 0 Å². The van der Waals surface area contributed by atoms with E-state index in [9.17, 15) is 9.59 Å². The van der Waals surface area contributed by atoms with Gasteiger partial charge in [0, 0.05) is 31.5 Å². The van der Waals surface area contributed by atoms with Gasteiger partial charge in [-0.2, -0.15) is 0 Å². The number of amides is 2. The van der Waals surface area contributed by atoms with E-state index >= 15 is 0 Å². The van der Waals surface area contributed by atoms with Crippen LogP contribution in [0.4, 0.5) is 17.1 Å². The molecule has 0 atom stereocenters. The second-order valence-corrected chi connectivity index (χ2v) is 7.56. The molecule has 0 spiro atoms. The molecule has 32 heavy (non-hydrogen) atoms. The molecule has 0 fully saturated rings. The van der Waals surface area contributed by atoms with E-state index in [1.54, 1.807) is 24.3 Å². The average molecular weight is 428 g/mol. The Morgan fingerprint density at radius 3 is 2.25 bits per heavy atom. The molecule has 3 aromatic rings. The van der Waals surface area contributed by atoms with Crippen molar-refractivity contribution in [2.75, 3.05) is 35.8 Å². The van der Waals surface area contributed by atoms with Crippen LogP contribution in [0.2, 0.25) is 0 Å². The molecule has 3 aromatic carbocycles. The van der Waals surface area contributed by atoms with Crippen molar-refractivity contribution < 1.29 is 14.3 Å². The molecule has 6 heteroatoms. The second-order valence-electron chi connectivity index (χ2n) is 7.56. The minimum atomic E-state index is -0.404. The lowest BCUT2D eigenvalue weighted by atomic mass is 10.0. The molecule has 0 aliphatic carbocycles.